The van der Waals surface area contributed by atoms with Gasteiger partial charge in [0.1, 0.15) is 5.82 Å². The fourth-order valence-electron chi connectivity index (χ4n) is 2.68. The van der Waals surface area contributed by atoms with Gasteiger partial charge in [0.2, 0.25) is 0 Å². The zero-order chi connectivity index (χ0) is 11.7. The molecule has 1 aliphatic heterocycles. The van der Waals surface area contributed by atoms with E-state index in [9.17, 15) is 0 Å². The molecule has 88 valence electrons. The minimum atomic E-state index is 0.581. The molecule has 1 atom stereocenters. The van der Waals surface area contributed by atoms with E-state index >= 15 is 0 Å². The van der Waals surface area contributed by atoms with Crippen molar-refractivity contribution in [3.63, 3.8) is 0 Å². The van der Waals surface area contributed by atoms with Crippen molar-refractivity contribution in [3.8, 4) is 0 Å². The van der Waals surface area contributed by atoms with Crippen LogP contribution in [0.3, 0.4) is 0 Å². The molecule has 2 heterocycles. The summed E-state index contributed by atoms with van der Waals surface area (Å²) in [4.78, 5) is 4.48. The van der Waals surface area contributed by atoms with Crippen molar-refractivity contribution in [3.05, 3.63) is 23.4 Å². The first-order valence-corrected chi connectivity index (χ1v) is 6.34. The van der Waals surface area contributed by atoms with E-state index in [2.05, 4.69) is 44.1 Å². The Bertz CT molecular complexity index is 369. The zero-order valence-corrected chi connectivity index (χ0v) is 10.7. The third kappa shape index (κ3) is 1.93. The smallest absolute Gasteiger partial charge is 0.129 e. The highest BCUT2D eigenvalue weighted by Gasteiger charge is 2.26. The number of fused-ring (bicyclic) bond motifs is 1. The van der Waals surface area contributed by atoms with Crippen molar-refractivity contribution < 1.29 is 0 Å². The van der Waals surface area contributed by atoms with Gasteiger partial charge in [-0.25, -0.2) is 4.98 Å². The van der Waals surface area contributed by atoms with Crippen LogP contribution in [0.5, 0.6) is 0 Å². The number of hydrogen-bond donors (Lipinski definition) is 1. The summed E-state index contributed by atoms with van der Waals surface area (Å²) < 4.78 is 0. The molecule has 0 saturated carbocycles. The van der Waals surface area contributed by atoms with Gasteiger partial charge < -0.3 is 5.32 Å². The van der Waals surface area contributed by atoms with E-state index in [1.807, 2.05) is 6.20 Å². The molecule has 1 aromatic rings. The van der Waals surface area contributed by atoms with Crippen LogP contribution in [0.15, 0.2) is 12.3 Å². The van der Waals surface area contributed by atoms with E-state index in [-0.39, 0.29) is 0 Å². The van der Waals surface area contributed by atoms with Gasteiger partial charge >= 0.3 is 0 Å². The van der Waals surface area contributed by atoms with Crippen molar-refractivity contribution >= 4 is 5.82 Å². The standard InChI is InChI=1S/C14H22N2/c1-9(2)11-5-7-15-14-13(11)12(10(3)4)6-8-16-14/h5,7,9-10,12H,6,8H2,1-4H3,(H,15,16). The lowest BCUT2D eigenvalue weighted by Crippen LogP contribution is -2.23. The van der Waals surface area contributed by atoms with Gasteiger partial charge in [0.05, 0.1) is 0 Å². The number of aromatic nitrogens is 1. The van der Waals surface area contributed by atoms with Gasteiger partial charge in [0.15, 0.2) is 0 Å². The maximum absolute atomic E-state index is 4.48. The lowest BCUT2D eigenvalue weighted by Gasteiger charge is -2.31. The Balaban J connectivity index is 2.51. The number of anilines is 1. The molecule has 1 N–H and O–H groups in total. The molecule has 2 rings (SSSR count). The quantitative estimate of drug-likeness (QED) is 0.817. The van der Waals surface area contributed by atoms with Crippen LogP contribution in [-0.2, 0) is 0 Å². The molecule has 0 radical (unpaired) electrons. The van der Waals surface area contributed by atoms with Gasteiger partial charge in [-0.3, -0.25) is 0 Å². The van der Waals surface area contributed by atoms with Crippen LogP contribution in [0, 0.1) is 5.92 Å². The Morgan fingerprint density at radius 2 is 2.06 bits per heavy atom. The van der Waals surface area contributed by atoms with Crippen LogP contribution in [-0.4, -0.2) is 11.5 Å². The lowest BCUT2D eigenvalue weighted by molar-refractivity contribution is 0.462. The maximum atomic E-state index is 4.48. The highest BCUT2D eigenvalue weighted by molar-refractivity contribution is 5.53. The monoisotopic (exact) mass is 218 g/mol. The summed E-state index contributed by atoms with van der Waals surface area (Å²) in [5.41, 5.74) is 2.94. The van der Waals surface area contributed by atoms with E-state index in [0.29, 0.717) is 17.8 Å². The fraction of sp³-hybridized carbons (Fsp3) is 0.643. The van der Waals surface area contributed by atoms with E-state index in [1.165, 1.54) is 17.5 Å². The van der Waals surface area contributed by atoms with Crippen molar-refractivity contribution in [2.75, 3.05) is 11.9 Å². The molecule has 2 heteroatoms. The van der Waals surface area contributed by atoms with Crippen molar-refractivity contribution in [2.45, 2.75) is 46.0 Å². The van der Waals surface area contributed by atoms with Gasteiger partial charge in [-0.15, -0.1) is 0 Å². The minimum Gasteiger partial charge on any atom is -0.370 e. The molecule has 0 amide bonds. The average molecular weight is 218 g/mol. The molecule has 1 unspecified atom stereocenters. The highest BCUT2D eigenvalue weighted by atomic mass is 15.0. The molecule has 16 heavy (non-hydrogen) atoms. The Hall–Kier alpha value is -1.05. The maximum Gasteiger partial charge on any atom is 0.129 e. The van der Waals surface area contributed by atoms with Crippen molar-refractivity contribution in [2.24, 2.45) is 5.92 Å². The minimum absolute atomic E-state index is 0.581. The molecule has 0 saturated heterocycles. The molecule has 2 nitrogen and oxygen atoms in total. The summed E-state index contributed by atoms with van der Waals surface area (Å²) in [5.74, 6) is 3.07. The van der Waals surface area contributed by atoms with Gasteiger partial charge in [0, 0.05) is 18.3 Å². The van der Waals surface area contributed by atoms with Crippen molar-refractivity contribution in [1.29, 1.82) is 0 Å². The number of hydrogen-bond acceptors (Lipinski definition) is 2. The van der Waals surface area contributed by atoms with E-state index in [0.717, 1.165) is 12.4 Å². The number of nitrogens with one attached hydrogen (secondary N) is 1. The van der Waals surface area contributed by atoms with Crippen LogP contribution in [0.4, 0.5) is 5.82 Å². The summed E-state index contributed by atoms with van der Waals surface area (Å²) in [5, 5.41) is 3.43. The molecular formula is C14H22N2. The highest BCUT2D eigenvalue weighted by Crippen LogP contribution is 2.39. The predicted octanol–water partition coefficient (Wildman–Crippen LogP) is 3.76. The van der Waals surface area contributed by atoms with Crippen LogP contribution in [0.2, 0.25) is 0 Å². The van der Waals surface area contributed by atoms with Crippen LogP contribution in [0.25, 0.3) is 0 Å². The number of pyridine rings is 1. The van der Waals surface area contributed by atoms with E-state index in [1.54, 1.807) is 0 Å². The second-order valence-corrected chi connectivity index (χ2v) is 5.38. The lowest BCUT2D eigenvalue weighted by atomic mass is 9.79. The SMILES string of the molecule is CC(C)c1ccnc2c1C(C(C)C)CCN2. The molecular weight excluding hydrogens is 196 g/mol. The summed E-state index contributed by atoms with van der Waals surface area (Å²) >= 11 is 0. The Morgan fingerprint density at radius 3 is 2.69 bits per heavy atom. The first-order chi connectivity index (χ1) is 7.61. The van der Waals surface area contributed by atoms with Crippen LogP contribution >= 0.6 is 0 Å². The third-order valence-electron chi connectivity index (χ3n) is 3.57. The van der Waals surface area contributed by atoms with Gasteiger partial charge in [0.25, 0.3) is 0 Å². The predicted molar refractivity (Wildman–Crippen MR) is 69.0 cm³/mol. The first-order valence-electron chi connectivity index (χ1n) is 6.34. The summed E-state index contributed by atoms with van der Waals surface area (Å²) in [7, 11) is 0. The molecule has 0 bridgehead atoms. The average Bonchev–Trinajstić information content (AvgIpc) is 2.27. The summed E-state index contributed by atoms with van der Waals surface area (Å²) in [6, 6.07) is 2.19. The number of rotatable bonds is 2. The van der Waals surface area contributed by atoms with Gasteiger partial charge in [-0.2, -0.15) is 0 Å². The Kier molecular flexibility index (Phi) is 3.17. The fourth-order valence-corrected chi connectivity index (χ4v) is 2.68. The Labute approximate surface area is 98.5 Å². The largest absolute Gasteiger partial charge is 0.370 e. The topological polar surface area (TPSA) is 24.9 Å². The Morgan fingerprint density at radius 1 is 1.31 bits per heavy atom. The van der Waals surface area contributed by atoms with Gasteiger partial charge in [-0.05, 0) is 35.8 Å². The van der Waals surface area contributed by atoms with Crippen molar-refractivity contribution in [1.82, 2.24) is 4.98 Å². The van der Waals surface area contributed by atoms with E-state index in [4.69, 9.17) is 0 Å². The molecule has 0 spiro atoms. The second-order valence-electron chi connectivity index (χ2n) is 5.38. The molecule has 0 aromatic carbocycles. The van der Waals surface area contributed by atoms with E-state index < -0.39 is 0 Å². The normalized spacial score (nSPS) is 19.8. The number of nitrogens with zero attached hydrogens (tertiary/aromatic N) is 1. The second kappa shape index (κ2) is 4.44. The molecule has 1 aromatic heterocycles. The molecule has 0 aliphatic carbocycles. The zero-order valence-electron chi connectivity index (χ0n) is 10.7. The first kappa shape index (κ1) is 11.4. The third-order valence-corrected chi connectivity index (χ3v) is 3.57. The molecule has 1 aliphatic rings. The van der Waals surface area contributed by atoms with Gasteiger partial charge in [-0.1, -0.05) is 27.7 Å². The summed E-state index contributed by atoms with van der Waals surface area (Å²) in [6.45, 7) is 10.2. The van der Waals surface area contributed by atoms with Crippen LogP contribution in [0.1, 0.15) is 57.1 Å². The van der Waals surface area contributed by atoms with Crippen LogP contribution < -0.4 is 5.32 Å². The molecule has 0 fully saturated rings. The summed E-state index contributed by atoms with van der Waals surface area (Å²) in [6.07, 6.45) is 3.17.